The summed E-state index contributed by atoms with van der Waals surface area (Å²) < 4.78 is 0. The predicted molar refractivity (Wildman–Crippen MR) is 98.9 cm³/mol. The lowest BCUT2D eigenvalue weighted by atomic mass is 10.0. The Bertz CT molecular complexity index is 715. The first-order valence-corrected chi connectivity index (χ1v) is 8.58. The zero-order valence-electron chi connectivity index (χ0n) is 14.0. The molecule has 1 atom stereocenters. The third kappa shape index (κ3) is 4.25. The summed E-state index contributed by atoms with van der Waals surface area (Å²) in [5, 5.41) is 14.5. The Morgan fingerprint density at radius 2 is 2.12 bits per heavy atom. The molecule has 2 heterocycles. The molecule has 26 heavy (non-hydrogen) atoms. The van der Waals surface area contributed by atoms with Crippen molar-refractivity contribution in [2.45, 2.75) is 18.9 Å². The van der Waals surface area contributed by atoms with Crippen molar-refractivity contribution in [2.24, 2.45) is 0 Å². The SMILES string of the molecule is Cl.O=C(c1cc(Cl)ccc1[N+](=O)[O-])N1CCCC(N2CCNCC2=O)C1. The number of nitrogens with one attached hydrogen (secondary N) is 1. The van der Waals surface area contributed by atoms with Crippen molar-refractivity contribution in [3.8, 4) is 0 Å². The van der Waals surface area contributed by atoms with Crippen LogP contribution >= 0.6 is 24.0 Å². The van der Waals surface area contributed by atoms with Crippen LogP contribution in [-0.4, -0.2) is 65.3 Å². The molecule has 1 aromatic rings. The zero-order valence-corrected chi connectivity index (χ0v) is 15.6. The maximum atomic E-state index is 12.8. The minimum atomic E-state index is -0.579. The van der Waals surface area contributed by atoms with E-state index in [0.717, 1.165) is 19.4 Å². The number of benzene rings is 1. The number of nitro groups is 1. The molecule has 1 N–H and O–H groups in total. The topological polar surface area (TPSA) is 95.8 Å². The number of hydrogen-bond donors (Lipinski definition) is 1. The Morgan fingerprint density at radius 3 is 2.81 bits per heavy atom. The third-order valence-electron chi connectivity index (χ3n) is 4.64. The number of piperazine rings is 1. The first kappa shape index (κ1) is 20.4. The Kier molecular flexibility index (Phi) is 6.80. The lowest BCUT2D eigenvalue weighted by Crippen LogP contribution is -2.57. The summed E-state index contributed by atoms with van der Waals surface area (Å²) >= 11 is 5.92. The third-order valence-corrected chi connectivity index (χ3v) is 4.87. The highest BCUT2D eigenvalue weighted by Crippen LogP contribution is 2.26. The van der Waals surface area contributed by atoms with Crippen LogP contribution in [0.15, 0.2) is 18.2 Å². The summed E-state index contributed by atoms with van der Waals surface area (Å²) in [6.07, 6.45) is 1.58. The number of amides is 2. The van der Waals surface area contributed by atoms with Gasteiger partial charge in [0.05, 0.1) is 11.5 Å². The molecule has 1 aromatic carbocycles. The maximum absolute atomic E-state index is 12.8. The molecule has 3 rings (SSSR count). The smallest absolute Gasteiger partial charge is 0.282 e. The van der Waals surface area contributed by atoms with Gasteiger partial charge in [-0.05, 0) is 25.0 Å². The number of hydrogen-bond acceptors (Lipinski definition) is 5. The average Bonchev–Trinajstić information content (AvgIpc) is 2.61. The van der Waals surface area contributed by atoms with Crippen molar-refractivity contribution in [3.05, 3.63) is 38.9 Å². The van der Waals surface area contributed by atoms with Crippen LogP contribution in [0, 0.1) is 10.1 Å². The van der Waals surface area contributed by atoms with Crippen LogP contribution in [0.2, 0.25) is 5.02 Å². The molecule has 0 aliphatic carbocycles. The molecular formula is C16H20Cl2N4O4. The first-order valence-electron chi connectivity index (χ1n) is 8.21. The predicted octanol–water partition coefficient (Wildman–Crippen LogP) is 1.71. The van der Waals surface area contributed by atoms with Crippen molar-refractivity contribution in [3.63, 3.8) is 0 Å². The number of likely N-dealkylation sites (tertiary alicyclic amines) is 1. The number of carbonyl (C=O) groups is 2. The summed E-state index contributed by atoms with van der Waals surface area (Å²) in [7, 11) is 0. The van der Waals surface area contributed by atoms with Crippen LogP contribution in [-0.2, 0) is 4.79 Å². The van der Waals surface area contributed by atoms with Gasteiger partial charge in [0.25, 0.3) is 11.6 Å². The van der Waals surface area contributed by atoms with Gasteiger partial charge in [-0.1, -0.05) is 11.6 Å². The second-order valence-electron chi connectivity index (χ2n) is 6.23. The maximum Gasteiger partial charge on any atom is 0.282 e. The zero-order chi connectivity index (χ0) is 18.0. The minimum Gasteiger partial charge on any atom is -0.336 e. The lowest BCUT2D eigenvalue weighted by Gasteiger charge is -2.41. The molecular weight excluding hydrogens is 383 g/mol. The normalized spacial score (nSPS) is 20.5. The quantitative estimate of drug-likeness (QED) is 0.612. The standard InChI is InChI=1S/C16H19ClN4O4.ClH/c17-11-3-4-14(21(24)25)13(8-11)16(23)19-6-1-2-12(10-19)20-7-5-18-9-15(20)22;/h3-4,8,12,18H,1-2,5-7,9-10H2;1H. The van der Waals surface area contributed by atoms with E-state index in [1.54, 1.807) is 4.90 Å². The fraction of sp³-hybridized carbons (Fsp3) is 0.500. The molecule has 2 aliphatic rings. The molecule has 2 aliphatic heterocycles. The number of halogens is 2. The van der Waals surface area contributed by atoms with E-state index in [0.29, 0.717) is 26.2 Å². The van der Waals surface area contributed by atoms with E-state index < -0.39 is 10.8 Å². The molecule has 0 aromatic heterocycles. The lowest BCUT2D eigenvalue weighted by molar-refractivity contribution is -0.385. The first-order chi connectivity index (χ1) is 12.0. The van der Waals surface area contributed by atoms with E-state index in [9.17, 15) is 19.7 Å². The highest BCUT2D eigenvalue weighted by Gasteiger charge is 2.33. The van der Waals surface area contributed by atoms with E-state index in [4.69, 9.17) is 11.6 Å². The monoisotopic (exact) mass is 402 g/mol. The summed E-state index contributed by atoms with van der Waals surface area (Å²) in [5.74, 6) is -0.388. The van der Waals surface area contributed by atoms with Gasteiger partial charge in [-0.3, -0.25) is 19.7 Å². The van der Waals surface area contributed by atoms with Gasteiger partial charge < -0.3 is 15.1 Å². The van der Waals surface area contributed by atoms with Gasteiger partial charge >= 0.3 is 0 Å². The van der Waals surface area contributed by atoms with Crippen LogP contribution in [0.25, 0.3) is 0 Å². The molecule has 8 nitrogen and oxygen atoms in total. The molecule has 2 saturated heterocycles. The molecule has 0 bridgehead atoms. The Balaban J connectivity index is 0.00000243. The number of piperidine rings is 1. The van der Waals surface area contributed by atoms with Crippen LogP contribution < -0.4 is 5.32 Å². The Hall–Kier alpha value is -1.90. The molecule has 142 valence electrons. The second-order valence-corrected chi connectivity index (χ2v) is 6.67. The number of nitro benzene ring substituents is 1. The van der Waals surface area contributed by atoms with Crippen molar-refractivity contribution in [1.82, 2.24) is 15.1 Å². The molecule has 0 spiro atoms. The molecule has 2 amide bonds. The van der Waals surface area contributed by atoms with Crippen LogP contribution in [0.5, 0.6) is 0 Å². The highest BCUT2D eigenvalue weighted by molar-refractivity contribution is 6.31. The van der Waals surface area contributed by atoms with Crippen molar-refractivity contribution < 1.29 is 14.5 Å². The van der Waals surface area contributed by atoms with Crippen molar-refractivity contribution in [2.75, 3.05) is 32.7 Å². The van der Waals surface area contributed by atoms with E-state index >= 15 is 0 Å². The van der Waals surface area contributed by atoms with Gasteiger partial charge in [0, 0.05) is 43.3 Å². The van der Waals surface area contributed by atoms with Crippen LogP contribution in [0.3, 0.4) is 0 Å². The largest absolute Gasteiger partial charge is 0.336 e. The van der Waals surface area contributed by atoms with Gasteiger partial charge in [0.1, 0.15) is 5.56 Å². The van der Waals surface area contributed by atoms with E-state index in [1.165, 1.54) is 18.2 Å². The molecule has 10 heteroatoms. The van der Waals surface area contributed by atoms with Gasteiger partial charge in [-0.25, -0.2) is 0 Å². The van der Waals surface area contributed by atoms with Crippen molar-refractivity contribution >= 4 is 41.5 Å². The highest BCUT2D eigenvalue weighted by atomic mass is 35.5. The molecule has 2 fully saturated rings. The second kappa shape index (κ2) is 8.66. The van der Waals surface area contributed by atoms with E-state index in [-0.39, 0.29) is 40.6 Å². The summed E-state index contributed by atoms with van der Waals surface area (Å²) in [6, 6.07) is 3.93. The van der Waals surface area contributed by atoms with Gasteiger partial charge in [0.2, 0.25) is 5.91 Å². The molecule has 0 radical (unpaired) electrons. The van der Waals surface area contributed by atoms with Crippen LogP contribution in [0.1, 0.15) is 23.2 Å². The van der Waals surface area contributed by atoms with Gasteiger partial charge in [-0.15, -0.1) is 12.4 Å². The van der Waals surface area contributed by atoms with Gasteiger partial charge in [-0.2, -0.15) is 0 Å². The van der Waals surface area contributed by atoms with Crippen LogP contribution in [0.4, 0.5) is 5.69 Å². The summed E-state index contributed by atoms with van der Waals surface area (Å²) in [4.78, 5) is 38.9. The number of nitrogens with zero attached hydrogens (tertiary/aromatic N) is 3. The Labute approximate surface area is 162 Å². The molecule has 1 unspecified atom stereocenters. The van der Waals surface area contributed by atoms with Gasteiger partial charge in [0.15, 0.2) is 0 Å². The molecule has 0 saturated carbocycles. The van der Waals surface area contributed by atoms with E-state index in [2.05, 4.69) is 5.32 Å². The summed E-state index contributed by atoms with van der Waals surface area (Å²) in [6.45, 7) is 2.55. The number of carbonyl (C=O) groups excluding carboxylic acids is 2. The minimum absolute atomic E-state index is 0. The number of rotatable bonds is 3. The summed E-state index contributed by atoms with van der Waals surface area (Å²) in [5.41, 5.74) is -0.264. The van der Waals surface area contributed by atoms with Crippen molar-refractivity contribution in [1.29, 1.82) is 0 Å². The fourth-order valence-corrected chi connectivity index (χ4v) is 3.58. The Morgan fingerprint density at radius 1 is 1.35 bits per heavy atom. The fourth-order valence-electron chi connectivity index (χ4n) is 3.41. The average molecular weight is 403 g/mol. The van der Waals surface area contributed by atoms with E-state index in [1.807, 2.05) is 4.90 Å².